The van der Waals surface area contributed by atoms with Crippen molar-refractivity contribution in [3.8, 4) is 5.75 Å². The van der Waals surface area contributed by atoms with Crippen LogP contribution in [-0.2, 0) is 13.6 Å². The Labute approximate surface area is 147 Å². The van der Waals surface area contributed by atoms with Gasteiger partial charge in [0.1, 0.15) is 12.4 Å². The maximum atomic E-state index is 5.92. The number of guanidine groups is 1. The molecule has 0 unspecified atom stereocenters. The smallest absolute Gasteiger partial charge is 0.191 e. The van der Waals surface area contributed by atoms with Crippen molar-refractivity contribution in [3.05, 3.63) is 60.4 Å². The second kappa shape index (κ2) is 8.19. The minimum atomic E-state index is 0.556. The van der Waals surface area contributed by atoms with Crippen molar-refractivity contribution in [3.63, 3.8) is 0 Å². The van der Waals surface area contributed by atoms with Crippen molar-refractivity contribution < 1.29 is 4.74 Å². The quantitative estimate of drug-likeness (QED) is 0.412. The molecule has 1 aromatic heterocycles. The third-order valence-electron chi connectivity index (χ3n) is 3.98. The van der Waals surface area contributed by atoms with Crippen LogP contribution >= 0.6 is 0 Å². The molecule has 0 saturated heterocycles. The van der Waals surface area contributed by atoms with Crippen LogP contribution in [0.2, 0.25) is 0 Å². The van der Waals surface area contributed by atoms with E-state index >= 15 is 0 Å². The van der Waals surface area contributed by atoms with Crippen molar-refractivity contribution in [1.29, 1.82) is 0 Å². The molecule has 0 radical (unpaired) electrons. The number of nitrogens with one attached hydrogen (secondary N) is 2. The van der Waals surface area contributed by atoms with Gasteiger partial charge in [0.05, 0.1) is 18.8 Å². The summed E-state index contributed by atoms with van der Waals surface area (Å²) in [5.41, 5.74) is 1.09. The first-order chi connectivity index (χ1) is 12.3. The number of benzene rings is 2. The predicted octanol–water partition coefficient (Wildman–Crippen LogP) is 2.32. The SMILES string of the molecule is CN=C(NCCOc1cccc2ccccc12)NCc1ccnn1C. The Kier molecular flexibility index (Phi) is 5.51. The lowest BCUT2D eigenvalue weighted by molar-refractivity contribution is 0.325. The van der Waals surface area contributed by atoms with Crippen molar-refractivity contribution in [2.75, 3.05) is 20.2 Å². The normalized spacial score (nSPS) is 11.5. The van der Waals surface area contributed by atoms with Gasteiger partial charge in [0, 0.05) is 25.7 Å². The molecule has 0 saturated carbocycles. The van der Waals surface area contributed by atoms with E-state index in [1.54, 1.807) is 13.2 Å². The second-order valence-electron chi connectivity index (χ2n) is 5.62. The van der Waals surface area contributed by atoms with Gasteiger partial charge in [-0.25, -0.2) is 0 Å². The fourth-order valence-corrected chi connectivity index (χ4v) is 2.62. The average molecular weight is 337 g/mol. The van der Waals surface area contributed by atoms with Crippen LogP contribution < -0.4 is 15.4 Å². The van der Waals surface area contributed by atoms with Crippen molar-refractivity contribution in [2.45, 2.75) is 6.54 Å². The number of fused-ring (bicyclic) bond motifs is 1. The highest BCUT2D eigenvalue weighted by Gasteiger charge is 2.03. The van der Waals surface area contributed by atoms with Gasteiger partial charge in [-0.05, 0) is 17.5 Å². The van der Waals surface area contributed by atoms with E-state index in [0.29, 0.717) is 19.7 Å². The highest BCUT2D eigenvalue weighted by molar-refractivity contribution is 5.88. The van der Waals surface area contributed by atoms with E-state index < -0.39 is 0 Å². The van der Waals surface area contributed by atoms with Gasteiger partial charge in [-0.1, -0.05) is 36.4 Å². The summed E-state index contributed by atoms with van der Waals surface area (Å²) in [6.07, 6.45) is 1.78. The number of ether oxygens (including phenoxy) is 1. The molecule has 6 heteroatoms. The van der Waals surface area contributed by atoms with E-state index in [0.717, 1.165) is 22.8 Å². The summed E-state index contributed by atoms with van der Waals surface area (Å²) < 4.78 is 7.76. The Hall–Kier alpha value is -3.02. The molecule has 3 aromatic rings. The lowest BCUT2D eigenvalue weighted by Crippen LogP contribution is -2.39. The highest BCUT2D eigenvalue weighted by Crippen LogP contribution is 2.24. The lowest BCUT2D eigenvalue weighted by Gasteiger charge is -2.13. The minimum absolute atomic E-state index is 0.556. The highest BCUT2D eigenvalue weighted by atomic mass is 16.5. The molecule has 6 nitrogen and oxygen atoms in total. The molecular formula is C19H23N5O. The van der Waals surface area contributed by atoms with Crippen molar-refractivity contribution >= 4 is 16.7 Å². The van der Waals surface area contributed by atoms with Gasteiger partial charge < -0.3 is 15.4 Å². The van der Waals surface area contributed by atoms with Crippen LogP contribution in [0.25, 0.3) is 10.8 Å². The van der Waals surface area contributed by atoms with Crippen LogP contribution in [0.4, 0.5) is 0 Å². The molecule has 0 bridgehead atoms. The maximum absolute atomic E-state index is 5.92. The topological polar surface area (TPSA) is 63.5 Å². The number of aliphatic imine (C=N–C) groups is 1. The summed E-state index contributed by atoms with van der Waals surface area (Å²) in [6.45, 7) is 1.88. The number of aromatic nitrogens is 2. The molecule has 0 aliphatic carbocycles. The number of hydrogen-bond donors (Lipinski definition) is 2. The molecule has 1 heterocycles. The number of hydrogen-bond acceptors (Lipinski definition) is 3. The zero-order valence-electron chi connectivity index (χ0n) is 14.6. The van der Waals surface area contributed by atoms with Crippen LogP contribution in [0, 0.1) is 0 Å². The van der Waals surface area contributed by atoms with Crippen LogP contribution in [0.15, 0.2) is 59.7 Å². The van der Waals surface area contributed by atoms with Crippen molar-refractivity contribution in [2.24, 2.45) is 12.0 Å². The van der Waals surface area contributed by atoms with Gasteiger partial charge in [-0.3, -0.25) is 9.67 Å². The van der Waals surface area contributed by atoms with Crippen LogP contribution in [-0.4, -0.2) is 35.9 Å². The summed E-state index contributed by atoms with van der Waals surface area (Å²) in [5, 5.41) is 13.0. The Balaban J connectivity index is 1.47. The van der Waals surface area contributed by atoms with E-state index in [9.17, 15) is 0 Å². The Morgan fingerprint density at radius 3 is 2.76 bits per heavy atom. The zero-order chi connectivity index (χ0) is 17.5. The van der Waals surface area contributed by atoms with Crippen LogP contribution in [0.3, 0.4) is 0 Å². The fraction of sp³-hybridized carbons (Fsp3) is 0.263. The third kappa shape index (κ3) is 4.29. The fourth-order valence-electron chi connectivity index (χ4n) is 2.62. The van der Waals surface area contributed by atoms with Gasteiger partial charge in [-0.15, -0.1) is 0 Å². The third-order valence-corrected chi connectivity index (χ3v) is 3.98. The van der Waals surface area contributed by atoms with Gasteiger partial charge in [0.2, 0.25) is 0 Å². The largest absolute Gasteiger partial charge is 0.491 e. The van der Waals surface area contributed by atoms with Gasteiger partial charge in [-0.2, -0.15) is 5.10 Å². The van der Waals surface area contributed by atoms with E-state index in [4.69, 9.17) is 4.74 Å². The molecule has 0 aliphatic heterocycles. The monoisotopic (exact) mass is 337 g/mol. The molecule has 2 aromatic carbocycles. The maximum Gasteiger partial charge on any atom is 0.191 e. The molecule has 0 fully saturated rings. The first-order valence-electron chi connectivity index (χ1n) is 8.30. The van der Waals surface area contributed by atoms with E-state index in [1.165, 1.54) is 5.39 Å². The molecule has 0 aliphatic rings. The standard InChI is InChI=1S/C19H23N5O/c1-20-19(22-14-16-10-11-23-24(16)2)21-12-13-25-18-9-5-7-15-6-3-4-8-17(15)18/h3-11H,12-14H2,1-2H3,(H2,20,21,22). The van der Waals surface area contributed by atoms with E-state index in [2.05, 4.69) is 38.9 Å². The van der Waals surface area contributed by atoms with E-state index in [1.807, 2.05) is 42.1 Å². The molecule has 0 spiro atoms. The molecule has 25 heavy (non-hydrogen) atoms. The molecule has 130 valence electrons. The molecule has 3 rings (SSSR count). The second-order valence-corrected chi connectivity index (χ2v) is 5.62. The molecule has 0 amide bonds. The summed E-state index contributed by atoms with van der Waals surface area (Å²) in [7, 11) is 3.68. The van der Waals surface area contributed by atoms with Gasteiger partial charge in [0.15, 0.2) is 5.96 Å². The molecule has 0 atom stereocenters. The summed E-state index contributed by atoms with van der Waals surface area (Å²) in [5.74, 6) is 1.64. The van der Waals surface area contributed by atoms with Crippen molar-refractivity contribution in [1.82, 2.24) is 20.4 Å². The van der Waals surface area contributed by atoms with E-state index in [-0.39, 0.29) is 0 Å². The summed E-state index contributed by atoms with van der Waals surface area (Å²) >= 11 is 0. The number of aryl methyl sites for hydroxylation is 1. The zero-order valence-corrected chi connectivity index (χ0v) is 14.6. The summed E-state index contributed by atoms with van der Waals surface area (Å²) in [4.78, 5) is 4.22. The predicted molar refractivity (Wildman–Crippen MR) is 101 cm³/mol. The lowest BCUT2D eigenvalue weighted by atomic mass is 10.1. The Bertz CT molecular complexity index is 850. The molecular weight excluding hydrogens is 314 g/mol. The summed E-state index contributed by atoms with van der Waals surface area (Å²) in [6, 6.07) is 16.3. The first kappa shape index (κ1) is 16.8. The van der Waals surface area contributed by atoms with Crippen LogP contribution in [0.1, 0.15) is 5.69 Å². The van der Waals surface area contributed by atoms with Crippen LogP contribution in [0.5, 0.6) is 5.75 Å². The Morgan fingerprint density at radius 1 is 1.12 bits per heavy atom. The minimum Gasteiger partial charge on any atom is -0.491 e. The Morgan fingerprint density at radius 2 is 1.96 bits per heavy atom. The van der Waals surface area contributed by atoms with Gasteiger partial charge in [0.25, 0.3) is 0 Å². The number of nitrogens with zero attached hydrogens (tertiary/aromatic N) is 3. The number of rotatable bonds is 6. The first-order valence-corrected chi connectivity index (χ1v) is 8.30. The average Bonchev–Trinajstić information content (AvgIpc) is 3.06. The van der Waals surface area contributed by atoms with Gasteiger partial charge >= 0.3 is 0 Å². The molecule has 2 N–H and O–H groups in total.